The number of anilines is 3. The number of imidazole rings is 1. The number of alkyl halides is 3. The fraction of sp³-hybridized carbons (Fsp3) is 0.200. The van der Waals surface area contributed by atoms with Crippen molar-refractivity contribution in [2.45, 2.75) is 33.9 Å². The molecule has 2 aromatic carbocycles. The number of H-pyrrole nitrogens is 1. The third kappa shape index (κ3) is 8.59. The lowest BCUT2D eigenvalue weighted by Crippen LogP contribution is -2.10. The summed E-state index contributed by atoms with van der Waals surface area (Å²) >= 11 is 0. The summed E-state index contributed by atoms with van der Waals surface area (Å²) in [6.45, 7) is 11.0. The standard InChI is InChI=1S/C19H19FN6.C9H7F3O.C2H6/c1-4-22-18(17-12(2)24-11-25-17)14-6-5-9-23-19(14)26-13-7-8-15(20)16(10-13)21-3;1-6-2-3-7(5-13)4-8(6)9(10,11)12;1-2/h4-11,21H,1H2,2-3H3,(H,23,26)(H,24,25);2-5H,1H3;1-2H3. The molecular formula is C30H32F4N6O. The lowest BCUT2D eigenvalue weighted by Gasteiger charge is -2.13. The number of nitrogens with zero attached hydrogens (tertiary/aromatic N) is 3. The van der Waals surface area contributed by atoms with E-state index >= 15 is 0 Å². The third-order valence-electron chi connectivity index (χ3n) is 5.54. The predicted molar refractivity (Wildman–Crippen MR) is 156 cm³/mol. The van der Waals surface area contributed by atoms with E-state index in [1.54, 1.807) is 31.7 Å². The van der Waals surface area contributed by atoms with Crippen LogP contribution in [0.3, 0.4) is 0 Å². The number of aldehydes is 1. The van der Waals surface area contributed by atoms with E-state index in [1.165, 1.54) is 31.3 Å². The van der Waals surface area contributed by atoms with E-state index in [1.807, 2.05) is 32.9 Å². The molecule has 0 spiro atoms. The quantitative estimate of drug-likeness (QED) is 0.120. The number of rotatable bonds is 7. The van der Waals surface area contributed by atoms with Gasteiger partial charge in [0.2, 0.25) is 0 Å². The number of aryl methyl sites for hydroxylation is 2. The Bertz CT molecular complexity index is 1490. The second kappa shape index (κ2) is 15.1. The summed E-state index contributed by atoms with van der Waals surface area (Å²) in [7, 11) is 1.67. The highest BCUT2D eigenvalue weighted by molar-refractivity contribution is 6.15. The summed E-state index contributed by atoms with van der Waals surface area (Å²) < 4.78 is 50.4. The van der Waals surface area contributed by atoms with Crippen LogP contribution in [0.4, 0.5) is 34.8 Å². The van der Waals surface area contributed by atoms with Crippen molar-refractivity contribution in [2.75, 3.05) is 17.7 Å². The molecule has 0 amide bonds. The van der Waals surface area contributed by atoms with Crippen LogP contribution in [0.1, 0.15) is 52.3 Å². The third-order valence-corrected chi connectivity index (χ3v) is 5.54. The van der Waals surface area contributed by atoms with Gasteiger partial charge in [-0.15, -0.1) is 0 Å². The Morgan fingerprint density at radius 2 is 1.80 bits per heavy atom. The predicted octanol–water partition coefficient (Wildman–Crippen LogP) is 7.87. The first kappa shape index (κ1) is 32.4. The van der Waals surface area contributed by atoms with Crippen molar-refractivity contribution >= 4 is 29.2 Å². The first-order valence-electron chi connectivity index (χ1n) is 12.6. The number of benzene rings is 2. The van der Waals surface area contributed by atoms with Gasteiger partial charge >= 0.3 is 6.18 Å². The second-order valence-electron chi connectivity index (χ2n) is 8.20. The fourth-order valence-corrected chi connectivity index (χ4v) is 3.59. The minimum atomic E-state index is -4.39. The Labute approximate surface area is 236 Å². The Morgan fingerprint density at radius 1 is 1.07 bits per heavy atom. The van der Waals surface area contributed by atoms with Gasteiger partial charge < -0.3 is 15.6 Å². The number of aromatic nitrogens is 3. The average Bonchev–Trinajstić information content (AvgIpc) is 3.39. The van der Waals surface area contributed by atoms with Crippen LogP contribution in [-0.4, -0.2) is 34.0 Å². The van der Waals surface area contributed by atoms with Crippen molar-refractivity contribution in [3.63, 3.8) is 0 Å². The van der Waals surface area contributed by atoms with Crippen LogP contribution in [0.25, 0.3) is 0 Å². The molecule has 3 N–H and O–H groups in total. The lowest BCUT2D eigenvalue weighted by atomic mass is 10.1. The van der Waals surface area contributed by atoms with Gasteiger partial charge in [-0.2, -0.15) is 13.2 Å². The molecule has 0 radical (unpaired) electrons. The minimum Gasteiger partial charge on any atom is -0.386 e. The van der Waals surface area contributed by atoms with Crippen molar-refractivity contribution in [3.05, 3.63) is 113 Å². The van der Waals surface area contributed by atoms with Crippen molar-refractivity contribution in [1.29, 1.82) is 0 Å². The van der Waals surface area contributed by atoms with E-state index < -0.39 is 11.7 Å². The molecule has 2 heterocycles. The maximum atomic E-state index is 13.7. The van der Waals surface area contributed by atoms with Gasteiger partial charge in [0, 0.05) is 42.0 Å². The molecule has 7 nitrogen and oxygen atoms in total. The van der Waals surface area contributed by atoms with E-state index in [4.69, 9.17) is 0 Å². The monoisotopic (exact) mass is 568 g/mol. The zero-order chi connectivity index (χ0) is 30.6. The first-order chi connectivity index (χ1) is 19.6. The zero-order valence-electron chi connectivity index (χ0n) is 23.4. The molecule has 0 fully saturated rings. The first-order valence-corrected chi connectivity index (χ1v) is 12.6. The molecule has 0 unspecified atom stereocenters. The Kier molecular flexibility index (Phi) is 11.9. The number of aromatic amines is 1. The van der Waals surface area contributed by atoms with Gasteiger partial charge in [0.1, 0.15) is 29.3 Å². The van der Waals surface area contributed by atoms with E-state index in [-0.39, 0.29) is 16.9 Å². The largest absolute Gasteiger partial charge is 0.416 e. The Morgan fingerprint density at radius 3 is 2.39 bits per heavy atom. The molecule has 4 rings (SSSR count). The van der Waals surface area contributed by atoms with Crippen LogP contribution in [0.5, 0.6) is 0 Å². The second-order valence-corrected chi connectivity index (χ2v) is 8.20. The number of hydrogen-bond acceptors (Lipinski definition) is 6. The van der Waals surface area contributed by atoms with Gasteiger partial charge in [-0.3, -0.25) is 9.79 Å². The normalized spacial score (nSPS) is 10.9. The molecule has 0 saturated heterocycles. The summed E-state index contributed by atoms with van der Waals surface area (Å²) in [5, 5.41) is 6.05. The van der Waals surface area contributed by atoms with E-state index in [2.05, 4.69) is 37.2 Å². The highest BCUT2D eigenvalue weighted by atomic mass is 19.4. The van der Waals surface area contributed by atoms with Crippen LogP contribution in [-0.2, 0) is 6.18 Å². The molecule has 2 aromatic heterocycles. The summed E-state index contributed by atoms with van der Waals surface area (Å²) in [5.74, 6) is 0.268. The summed E-state index contributed by atoms with van der Waals surface area (Å²) in [6, 6.07) is 11.9. The van der Waals surface area contributed by atoms with Gasteiger partial charge in [-0.25, -0.2) is 14.4 Å². The van der Waals surface area contributed by atoms with Crippen molar-refractivity contribution in [1.82, 2.24) is 15.0 Å². The number of nitrogens with one attached hydrogen (secondary N) is 3. The summed E-state index contributed by atoms with van der Waals surface area (Å²) in [6.07, 6.45) is 0.776. The van der Waals surface area contributed by atoms with E-state index in [9.17, 15) is 22.4 Å². The van der Waals surface area contributed by atoms with Gasteiger partial charge in [0.15, 0.2) is 0 Å². The van der Waals surface area contributed by atoms with Crippen molar-refractivity contribution in [2.24, 2.45) is 4.99 Å². The average molecular weight is 569 g/mol. The summed E-state index contributed by atoms with van der Waals surface area (Å²) in [5.41, 5.74) is 3.52. The van der Waals surface area contributed by atoms with E-state index in [0.29, 0.717) is 29.2 Å². The van der Waals surface area contributed by atoms with Crippen molar-refractivity contribution in [3.8, 4) is 0 Å². The molecule has 11 heteroatoms. The van der Waals surface area contributed by atoms with Crippen LogP contribution in [0.2, 0.25) is 0 Å². The molecule has 0 aliphatic carbocycles. The molecular weight excluding hydrogens is 536 g/mol. The number of halogens is 4. The maximum absolute atomic E-state index is 13.7. The molecule has 0 atom stereocenters. The number of pyridine rings is 1. The molecule has 0 saturated carbocycles. The van der Waals surface area contributed by atoms with Crippen molar-refractivity contribution < 1.29 is 22.4 Å². The smallest absolute Gasteiger partial charge is 0.386 e. The van der Waals surface area contributed by atoms with Gasteiger partial charge in [-0.05, 0) is 55.8 Å². The Balaban J connectivity index is 0.000000330. The highest BCUT2D eigenvalue weighted by Gasteiger charge is 2.32. The van der Waals surface area contributed by atoms with E-state index in [0.717, 1.165) is 23.0 Å². The summed E-state index contributed by atoms with van der Waals surface area (Å²) in [4.78, 5) is 26.4. The van der Waals surface area contributed by atoms with Gasteiger partial charge in [0.25, 0.3) is 0 Å². The van der Waals surface area contributed by atoms with Crippen LogP contribution in [0.15, 0.2) is 78.8 Å². The Hall–Kier alpha value is -4.80. The highest BCUT2D eigenvalue weighted by Crippen LogP contribution is 2.32. The number of carbonyl (C=O) groups is 1. The number of hydrogen-bond donors (Lipinski definition) is 3. The molecule has 0 aliphatic heterocycles. The zero-order valence-corrected chi connectivity index (χ0v) is 23.4. The molecule has 41 heavy (non-hydrogen) atoms. The fourth-order valence-electron chi connectivity index (χ4n) is 3.59. The SMILES string of the molecule is C=CN=C(c1cccnc1Nc1ccc(F)c(NC)c1)c1nc[nH]c1C.CC.Cc1ccc(C=O)cc1C(F)(F)F. The molecule has 0 aliphatic rings. The van der Waals surface area contributed by atoms with Gasteiger partial charge in [0.05, 0.1) is 17.6 Å². The molecule has 4 aromatic rings. The number of aliphatic imine (C=N–C) groups is 1. The topological polar surface area (TPSA) is 95.1 Å². The van der Waals surface area contributed by atoms with Crippen LogP contribution in [0, 0.1) is 19.7 Å². The van der Waals surface area contributed by atoms with Crippen LogP contribution >= 0.6 is 0 Å². The maximum Gasteiger partial charge on any atom is 0.416 e. The lowest BCUT2D eigenvalue weighted by molar-refractivity contribution is -0.138. The van der Waals surface area contributed by atoms with Crippen LogP contribution < -0.4 is 10.6 Å². The molecule has 216 valence electrons. The molecule has 0 bridgehead atoms. The minimum absolute atomic E-state index is 0.0397. The number of carbonyl (C=O) groups excluding carboxylic acids is 1. The van der Waals surface area contributed by atoms with Gasteiger partial charge in [-0.1, -0.05) is 32.6 Å².